The Morgan fingerprint density at radius 2 is 1.55 bits per heavy atom. The van der Waals surface area contributed by atoms with Gasteiger partial charge in [0.1, 0.15) is 17.5 Å². The normalized spacial score (nSPS) is 12.4. The third-order valence-electron chi connectivity index (χ3n) is 3.08. The molecule has 2 aromatic rings. The van der Waals surface area contributed by atoms with Crippen molar-refractivity contribution < 1.29 is 13.2 Å². The Morgan fingerprint density at radius 1 is 1.00 bits per heavy atom. The van der Waals surface area contributed by atoms with Gasteiger partial charge in [-0.2, -0.15) is 0 Å². The van der Waals surface area contributed by atoms with Gasteiger partial charge in [0.15, 0.2) is 0 Å². The van der Waals surface area contributed by atoms with Crippen LogP contribution in [0.25, 0.3) is 0 Å². The van der Waals surface area contributed by atoms with Crippen LogP contribution in [0.3, 0.4) is 0 Å². The van der Waals surface area contributed by atoms with Gasteiger partial charge in [-0.15, -0.1) is 0 Å². The lowest BCUT2D eigenvalue weighted by atomic mass is 10.1. The molecule has 1 nitrogen and oxygen atoms in total. The third-order valence-corrected chi connectivity index (χ3v) is 3.43. The molecule has 0 saturated carbocycles. The van der Waals surface area contributed by atoms with E-state index in [9.17, 15) is 13.2 Å². The fourth-order valence-corrected chi connectivity index (χ4v) is 2.21. The van der Waals surface area contributed by atoms with Crippen LogP contribution in [0.5, 0.6) is 0 Å². The van der Waals surface area contributed by atoms with Crippen molar-refractivity contribution in [1.82, 2.24) is 5.32 Å². The average molecular weight is 300 g/mol. The van der Waals surface area contributed by atoms with Crippen LogP contribution in [0, 0.1) is 17.5 Å². The minimum atomic E-state index is -0.635. The number of nitrogens with one attached hydrogen (secondary N) is 1. The highest BCUT2D eigenvalue weighted by Crippen LogP contribution is 2.23. The van der Waals surface area contributed by atoms with Crippen molar-refractivity contribution in [2.24, 2.45) is 0 Å². The van der Waals surface area contributed by atoms with Gasteiger partial charge >= 0.3 is 0 Å². The average Bonchev–Trinajstić information content (AvgIpc) is 2.38. The van der Waals surface area contributed by atoms with Gasteiger partial charge in [0.05, 0.1) is 0 Å². The van der Waals surface area contributed by atoms with Crippen LogP contribution in [0.1, 0.15) is 24.1 Å². The van der Waals surface area contributed by atoms with Crippen LogP contribution in [-0.2, 0) is 6.54 Å². The van der Waals surface area contributed by atoms with Gasteiger partial charge in [0.2, 0.25) is 0 Å². The zero-order chi connectivity index (χ0) is 14.7. The maximum absolute atomic E-state index is 13.6. The summed E-state index contributed by atoms with van der Waals surface area (Å²) in [4.78, 5) is 0. The van der Waals surface area contributed by atoms with E-state index in [1.165, 1.54) is 30.3 Å². The maximum Gasteiger partial charge on any atom is 0.130 e. The van der Waals surface area contributed by atoms with Crippen LogP contribution in [0.15, 0.2) is 36.4 Å². The minimum absolute atomic E-state index is 0.0695. The molecule has 1 atom stereocenters. The van der Waals surface area contributed by atoms with Crippen LogP contribution in [0.4, 0.5) is 13.2 Å². The molecule has 0 heterocycles. The van der Waals surface area contributed by atoms with E-state index < -0.39 is 23.5 Å². The summed E-state index contributed by atoms with van der Waals surface area (Å²) < 4.78 is 40.8. The monoisotopic (exact) mass is 299 g/mol. The van der Waals surface area contributed by atoms with Gasteiger partial charge < -0.3 is 5.32 Å². The summed E-state index contributed by atoms with van der Waals surface area (Å²) in [6.07, 6.45) is 0. The molecular weight excluding hydrogens is 287 g/mol. The van der Waals surface area contributed by atoms with Gasteiger partial charge in [-0.3, -0.25) is 0 Å². The molecule has 0 amide bonds. The van der Waals surface area contributed by atoms with Crippen molar-refractivity contribution in [1.29, 1.82) is 0 Å². The lowest BCUT2D eigenvalue weighted by Crippen LogP contribution is -2.21. The predicted octanol–water partition coefficient (Wildman–Crippen LogP) is 4.61. The molecule has 0 aliphatic rings. The Morgan fingerprint density at radius 3 is 2.15 bits per heavy atom. The fourth-order valence-electron chi connectivity index (χ4n) is 1.98. The second kappa shape index (κ2) is 6.29. The van der Waals surface area contributed by atoms with Gasteiger partial charge in [0.25, 0.3) is 0 Å². The molecule has 0 bridgehead atoms. The van der Waals surface area contributed by atoms with E-state index in [1.807, 2.05) is 0 Å². The molecule has 0 aliphatic carbocycles. The summed E-state index contributed by atoms with van der Waals surface area (Å²) in [5.41, 5.74) is 0.206. The molecule has 0 aromatic heterocycles. The summed E-state index contributed by atoms with van der Waals surface area (Å²) >= 11 is 5.89. The van der Waals surface area contributed by atoms with E-state index in [-0.39, 0.29) is 22.7 Å². The van der Waals surface area contributed by atoms with Crippen LogP contribution in [-0.4, -0.2) is 0 Å². The van der Waals surface area contributed by atoms with Crippen molar-refractivity contribution in [2.45, 2.75) is 19.5 Å². The molecular formula is C15H13ClF3N. The van der Waals surface area contributed by atoms with Crippen LogP contribution < -0.4 is 5.32 Å². The lowest BCUT2D eigenvalue weighted by molar-refractivity contribution is 0.481. The van der Waals surface area contributed by atoms with Crippen LogP contribution >= 0.6 is 11.6 Å². The summed E-state index contributed by atoms with van der Waals surface area (Å²) in [6, 6.07) is 7.43. The van der Waals surface area contributed by atoms with Gasteiger partial charge in [-0.25, -0.2) is 13.2 Å². The Labute approximate surface area is 120 Å². The minimum Gasteiger partial charge on any atom is -0.306 e. The first-order valence-corrected chi connectivity index (χ1v) is 6.48. The van der Waals surface area contributed by atoms with E-state index >= 15 is 0 Å². The Hall–Kier alpha value is -1.52. The summed E-state index contributed by atoms with van der Waals surface area (Å²) in [5, 5.41) is 3.15. The molecule has 0 radical (unpaired) electrons. The van der Waals surface area contributed by atoms with E-state index in [0.717, 1.165) is 0 Å². The van der Waals surface area contributed by atoms with Crippen LogP contribution in [0.2, 0.25) is 5.02 Å². The summed E-state index contributed by atoms with van der Waals surface area (Å²) in [6.45, 7) is 1.69. The van der Waals surface area contributed by atoms with E-state index in [1.54, 1.807) is 13.0 Å². The molecule has 0 spiro atoms. The molecule has 106 valence electrons. The molecule has 2 rings (SSSR count). The summed E-state index contributed by atoms with van der Waals surface area (Å²) in [7, 11) is 0. The van der Waals surface area contributed by atoms with E-state index in [4.69, 9.17) is 11.6 Å². The number of benzene rings is 2. The number of hydrogen-bond donors (Lipinski definition) is 1. The van der Waals surface area contributed by atoms with Crippen molar-refractivity contribution in [3.05, 3.63) is 70.0 Å². The summed E-state index contributed by atoms with van der Waals surface area (Å²) in [5.74, 6) is -1.72. The quantitative estimate of drug-likeness (QED) is 0.869. The Balaban J connectivity index is 2.15. The zero-order valence-electron chi connectivity index (χ0n) is 10.8. The SMILES string of the molecule is CC(NCc1c(F)cccc1Cl)c1c(F)cccc1F. The van der Waals surface area contributed by atoms with Crippen molar-refractivity contribution in [2.75, 3.05) is 0 Å². The molecule has 0 aliphatic heterocycles. The third kappa shape index (κ3) is 3.14. The molecule has 2 aromatic carbocycles. The maximum atomic E-state index is 13.6. The van der Waals surface area contributed by atoms with E-state index in [2.05, 4.69) is 5.32 Å². The second-order valence-electron chi connectivity index (χ2n) is 4.44. The Kier molecular flexibility index (Phi) is 4.68. The number of hydrogen-bond acceptors (Lipinski definition) is 1. The fraction of sp³-hybridized carbons (Fsp3) is 0.200. The zero-order valence-corrected chi connectivity index (χ0v) is 11.5. The van der Waals surface area contributed by atoms with Gasteiger partial charge in [-0.05, 0) is 31.2 Å². The first-order chi connectivity index (χ1) is 9.50. The smallest absolute Gasteiger partial charge is 0.130 e. The largest absolute Gasteiger partial charge is 0.306 e. The highest BCUT2D eigenvalue weighted by atomic mass is 35.5. The Bertz CT molecular complexity index is 576. The van der Waals surface area contributed by atoms with Gasteiger partial charge in [0, 0.05) is 28.7 Å². The van der Waals surface area contributed by atoms with Crippen molar-refractivity contribution in [3.8, 4) is 0 Å². The predicted molar refractivity (Wildman–Crippen MR) is 73.0 cm³/mol. The first-order valence-electron chi connectivity index (χ1n) is 6.11. The molecule has 20 heavy (non-hydrogen) atoms. The molecule has 0 saturated heterocycles. The first kappa shape index (κ1) is 14.9. The highest BCUT2D eigenvalue weighted by Gasteiger charge is 2.16. The number of rotatable bonds is 4. The van der Waals surface area contributed by atoms with Gasteiger partial charge in [-0.1, -0.05) is 23.7 Å². The standard InChI is InChI=1S/C15H13ClF3N/c1-9(15-13(18)6-3-7-14(15)19)20-8-10-11(16)4-2-5-12(10)17/h2-7,9,20H,8H2,1H3. The molecule has 5 heteroatoms. The van der Waals surface area contributed by atoms with Crippen molar-refractivity contribution >= 4 is 11.6 Å². The second-order valence-corrected chi connectivity index (χ2v) is 4.85. The number of halogens is 4. The molecule has 0 fully saturated rings. The molecule has 1 unspecified atom stereocenters. The topological polar surface area (TPSA) is 12.0 Å². The lowest BCUT2D eigenvalue weighted by Gasteiger charge is -2.16. The van der Waals surface area contributed by atoms with Crippen molar-refractivity contribution in [3.63, 3.8) is 0 Å². The molecule has 1 N–H and O–H groups in total. The van der Waals surface area contributed by atoms with E-state index in [0.29, 0.717) is 0 Å². The highest BCUT2D eigenvalue weighted by molar-refractivity contribution is 6.31.